The summed E-state index contributed by atoms with van der Waals surface area (Å²) in [6.45, 7) is 3.90. The fourth-order valence-corrected chi connectivity index (χ4v) is 3.59. The molecule has 0 aliphatic carbocycles. The number of nitriles is 1. The van der Waals surface area contributed by atoms with Crippen LogP contribution in [0.25, 0.3) is 0 Å². The van der Waals surface area contributed by atoms with Crippen molar-refractivity contribution in [2.75, 3.05) is 18.1 Å². The van der Waals surface area contributed by atoms with Gasteiger partial charge < -0.3 is 14.8 Å². The first kappa shape index (κ1) is 20.4. The van der Waals surface area contributed by atoms with Gasteiger partial charge in [0.05, 0.1) is 18.2 Å². The van der Waals surface area contributed by atoms with Gasteiger partial charge in [0.2, 0.25) is 0 Å². The number of anilines is 1. The van der Waals surface area contributed by atoms with Gasteiger partial charge in [-0.2, -0.15) is 5.26 Å². The number of esters is 1. The van der Waals surface area contributed by atoms with Crippen LogP contribution in [0.3, 0.4) is 0 Å². The molecule has 1 aliphatic heterocycles. The van der Waals surface area contributed by atoms with Crippen LogP contribution in [0.2, 0.25) is 0 Å². The van der Waals surface area contributed by atoms with E-state index in [9.17, 15) is 4.79 Å². The van der Waals surface area contributed by atoms with E-state index in [4.69, 9.17) is 27.0 Å². The van der Waals surface area contributed by atoms with E-state index in [0.29, 0.717) is 22.1 Å². The van der Waals surface area contributed by atoms with E-state index < -0.39 is 12.0 Å². The minimum Gasteiger partial charge on any atom is -0.479 e. The van der Waals surface area contributed by atoms with Crippen molar-refractivity contribution < 1.29 is 14.3 Å². The van der Waals surface area contributed by atoms with Crippen molar-refractivity contribution in [2.45, 2.75) is 19.9 Å². The summed E-state index contributed by atoms with van der Waals surface area (Å²) >= 11 is 5.62. The lowest BCUT2D eigenvalue weighted by Crippen LogP contribution is -2.48. The summed E-state index contributed by atoms with van der Waals surface area (Å²) in [5.41, 5.74) is 2.91. The van der Waals surface area contributed by atoms with E-state index in [1.54, 1.807) is 19.1 Å². The molecule has 2 aromatic rings. The highest BCUT2D eigenvalue weighted by Gasteiger charge is 2.35. The zero-order valence-corrected chi connectivity index (χ0v) is 17.0. The Bertz CT molecular complexity index is 965. The first-order valence-corrected chi connectivity index (χ1v) is 9.61. The zero-order chi connectivity index (χ0) is 20.8. The summed E-state index contributed by atoms with van der Waals surface area (Å²) in [6, 6.07) is 18.3. The normalized spacial score (nSPS) is 16.1. The van der Waals surface area contributed by atoms with Gasteiger partial charge in [0.1, 0.15) is 11.8 Å². The molecule has 2 aromatic carbocycles. The van der Waals surface area contributed by atoms with Gasteiger partial charge in [0.25, 0.3) is 0 Å². The molecule has 1 N–H and O–H groups in total. The number of allylic oxidation sites excluding steroid dienone is 1. The van der Waals surface area contributed by atoms with Crippen LogP contribution in [-0.2, 0) is 9.53 Å². The number of para-hydroxylation sites is 1. The molecular weight excluding hydrogens is 386 g/mol. The van der Waals surface area contributed by atoms with Crippen molar-refractivity contribution in [3.63, 3.8) is 0 Å². The summed E-state index contributed by atoms with van der Waals surface area (Å²) in [6.07, 6.45) is 0. The average Bonchev–Trinajstić information content (AvgIpc) is 2.73. The molecule has 0 saturated heterocycles. The van der Waals surface area contributed by atoms with Crippen molar-refractivity contribution in [3.05, 3.63) is 71.4 Å². The number of hydrogen-bond acceptors (Lipinski definition) is 5. The topological polar surface area (TPSA) is 74.6 Å². The average molecular weight is 407 g/mol. The summed E-state index contributed by atoms with van der Waals surface area (Å²) in [5.74, 6) is 0.189. The van der Waals surface area contributed by atoms with Crippen molar-refractivity contribution in [2.24, 2.45) is 0 Å². The number of hydrogen-bond donors (Lipinski definition) is 1. The molecule has 0 saturated carbocycles. The molecule has 148 valence electrons. The van der Waals surface area contributed by atoms with Gasteiger partial charge in [-0.3, -0.25) is 4.90 Å². The number of carbonyl (C=O) groups excluding carboxylic acids is 1. The van der Waals surface area contributed by atoms with E-state index in [1.807, 2.05) is 60.4 Å². The van der Waals surface area contributed by atoms with Gasteiger partial charge in [-0.15, -0.1) is 0 Å². The van der Waals surface area contributed by atoms with Crippen LogP contribution in [-0.4, -0.2) is 24.3 Å². The van der Waals surface area contributed by atoms with Crippen LogP contribution in [0.15, 0.2) is 65.9 Å². The predicted octanol–water partition coefficient (Wildman–Crippen LogP) is 3.86. The monoisotopic (exact) mass is 407 g/mol. The second-order valence-electron chi connectivity index (χ2n) is 6.29. The smallest absolute Gasteiger partial charge is 0.338 e. The number of carbonyl (C=O) groups is 1. The minimum atomic E-state index is -0.452. The molecule has 1 atom stereocenters. The highest BCUT2D eigenvalue weighted by Crippen LogP contribution is 2.34. The van der Waals surface area contributed by atoms with E-state index >= 15 is 0 Å². The number of nitrogens with one attached hydrogen (secondary N) is 1. The Balaban J connectivity index is 2.02. The summed E-state index contributed by atoms with van der Waals surface area (Å²) in [5, 5.41) is 12.4. The molecule has 3 rings (SSSR count). The van der Waals surface area contributed by atoms with Crippen LogP contribution in [0.1, 0.15) is 25.5 Å². The Labute approximate surface area is 175 Å². The number of ether oxygens (including phenoxy) is 2. The van der Waals surface area contributed by atoms with Crippen molar-refractivity contribution >= 4 is 29.0 Å². The van der Waals surface area contributed by atoms with Gasteiger partial charge in [0.15, 0.2) is 11.7 Å². The summed E-state index contributed by atoms with van der Waals surface area (Å²) in [4.78, 5) is 14.7. The Hall–Kier alpha value is -3.37. The largest absolute Gasteiger partial charge is 0.479 e. The molecule has 0 unspecified atom stereocenters. The molecule has 1 heterocycles. The maximum absolute atomic E-state index is 12.8. The van der Waals surface area contributed by atoms with Gasteiger partial charge in [-0.25, -0.2) is 4.79 Å². The third-order valence-electron chi connectivity index (χ3n) is 4.51. The maximum Gasteiger partial charge on any atom is 0.338 e. The van der Waals surface area contributed by atoms with Crippen molar-refractivity contribution in [1.29, 1.82) is 5.26 Å². The number of benzene rings is 2. The van der Waals surface area contributed by atoms with Crippen LogP contribution in [0.4, 0.5) is 5.69 Å². The van der Waals surface area contributed by atoms with Crippen LogP contribution in [0, 0.1) is 11.3 Å². The lowest BCUT2D eigenvalue weighted by atomic mass is 9.94. The van der Waals surface area contributed by atoms with Crippen LogP contribution >= 0.6 is 12.2 Å². The van der Waals surface area contributed by atoms with Crippen molar-refractivity contribution in [1.82, 2.24) is 5.32 Å². The molecule has 6 nitrogen and oxygen atoms in total. The number of rotatable bonds is 6. The van der Waals surface area contributed by atoms with Gasteiger partial charge in [-0.05, 0) is 55.9 Å². The van der Waals surface area contributed by atoms with E-state index in [1.165, 1.54) is 0 Å². The van der Waals surface area contributed by atoms with Crippen molar-refractivity contribution in [3.8, 4) is 11.8 Å². The Morgan fingerprint density at radius 2 is 1.90 bits per heavy atom. The molecule has 0 bridgehead atoms. The first-order chi connectivity index (χ1) is 14.1. The molecular formula is C22H21N3O3S. The SMILES string of the molecule is CCOC(=O)C1=C(C)N(c2ccccc2)C(=S)N[C@H]1c1ccc(OCC#N)cc1. The molecule has 0 radical (unpaired) electrons. The first-order valence-electron chi connectivity index (χ1n) is 9.20. The Kier molecular flexibility index (Phi) is 6.47. The predicted molar refractivity (Wildman–Crippen MR) is 114 cm³/mol. The summed E-state index contributed by atoms with van der Waals surface area (Å²) in [7, 11) is 0. The summed E-state index contributed by atoms with van der Waals surface area (Å²) < 4.78 is 10.6. The fourth-order valence-electron chi connectivity index (χ4n) is 3.23. The second kappa shape index (κ2) is 9.22. The van der Waals surface area contributed by atoms with Gasteiger partial charge >= 0.3 is 5.97 Å². The van der Waals surface area contributed by atoms with E-state index in [0.717, 1.165) is 11.3 Å². The Morgan fingerprint density at radius 3 is 2.52 bits per heavy atom. The third-order valence-corrected chi connectivity index (χ3v) is 4.81. The number of thiocarbonyl (C=S) groups is 1. The highest BCUT2D eigenvalue weighted by atomic mass is 32.1. The highest BCUT2D eigenvalue weighted by molar-refractivity contribution is 7.80. The van der Waals surface area contributed by atoms with E-state index in [2.05, 4.69) is 5.32 Å². The van der Waals surface area contributed by atoms with Gasteiger partial charge in [0, 0.05) is 11.4 Å². The molecule has 0 aromatic heterocycles. The fraction of sp³-hybridized carbons (Fsp3) is 0.227. The molecule has 29 heavy (non-hydrogen) atoms. The standard InChI is InChI=1S/C22H21N3O3S/c1-3-27-21(26)19-15(2)25(17-7-5-4-6-8-17)22(29)24-20(19)16-9-11-18(12-10-16)28-14-13-23/h4-12,20H,3,14H2,1-2H3,(H,24,29)/t20-/m0/s1. The third kappa shape index (κ3) is 4.39. The zero-order valence-electron chi connectivity index (χ0n) is 16.2. The maximum atomic E-state index is 12.8. The second-order valence-corrected chi connectivity index (χ2v) is 6.68. The van der Waals surface area contributed by atoms with Crippen LogP contribution in [0.5, 0.6) is 5.75 Å². The lowest BCUT2D eigenvalue weighted by molar-refractivity contribution is -0.139. The Morgan fingerprint density at radius 1 is 1.21 bits per heavy atom. The minimum absolute atomic E-state index is 0.0236. The van der Waals surface area contributed by atoms with Gasteiger partial charge in [-0.1, -0.05) is 30.3 Å². The van der Waals surface area contributed by atoms with Crippen LogP contribution < -0.4 is 15.0 Å². The number of nitrogens with zero attached hydrogens (tertiary/aromatic N) is 2. The molecule has 0 fully saturated rings. The lowest BCUT2D eigenvalue weighted by Gasteiger charge is -2.37. The molecule has 7 heteroatoms. The molecule has 0 spiro atoms. The molecule has 0 amide bonds. The molecule has 1 aliphatic rings. The quantitative estimate of drug-likeness (QED) is 0.576. The van der Waals surface area contributed by atoms with E-state index in [-0.39, 0.29) is 13.2 Å².